The molecule has 4 rings (SSSR count). The van der Waals surface area contributed by atoms with Gasteiger partial charge in [-0.05, 0) is 49.2 Å². The van der Waals surface area contributed by atoms with Crippen molar-refractivity contribution in [1.82, 2.24) is 9.38 Å². The number of hydrogen-bond acceptors (Lipinski definition) is 6. The number of hydrogen-bond donors (Lipinski definition) is 1. The molecule has 0 aliphatic heterocycles. The molecule has 1 amide bonds. The van der Waals surface area contributed by atoms with Gasteiger partial charge in [0.2, 0.25) is 0 Å². The molecule has 0 saturated carbocycles. The van der Waals surface area contributed by atoms with Gasteiger partial charge in [-0.2, -0.15) is 0 Å². The molecule has 8 heteroatoms. The first-order valence-corrected chi connectivity index (χ1v) is 9.70. The smallest absolute Gasteiger partial charge is 0.266 e. The van der Waals surface area contributed by atoms with Crippen LogP contribution in [0.5, 0.6) is 11.5 Å². The standard InChI is InChI=1S/C21H19N3O4S/c1-11-7-15-16(8-12(11)2)24-19(25)10-18(29-21(24)23-15)20(26)22-14-6-5-13(27-3)9-17(14)28-4/h5-10H,1-4H3,(H,22,26). The van der Waals surface area contributed by atoms with Gasteiger partial charge < -0.3 is 14.8 Å². The second-order valence-electron chi connectivity index (χ2n) is 6.62. The molecule has 2 aromatic heterocycles. The van der Waals surface area contributed by atoms with E-state index >= 15 is 0 Å². The van der Waals surface area contributed by atoms with E-state index in [0.717, 1.165) is 33.5 Å². The maximum Gasteiger partial charge on any atom is 0.266 e. The van der Waals surface area contributed by atoms with Crippen LogP contribution in [0.2, 0.25) is 0 Å². The number of carbonyl (C=O) groups is 1. The summed E-state index contributed by atoms with van der Waals surface area (Å²) in [7, 11) is 3.06. The maximum absolute atomic E-state index is 12.8. The summed E-state index contributed by atoms with van der Waals surface area (Å²) >= 11 is 1.16. The third-order valence-corrected chi connectivity index (χ3v) is 5.78. The Morgan fingerprint density at radius 1 is 1.07 bits per heavy atom. The molecule has 7 nitrogen and oxygen atoms in total. The minimum atomic E-state index is -0.405. The fraction of sp³-hybridized carbons (Fsp3) is 0.190. The van der Waals surface area contributed by atoms with Crippen LogP contribution in [-0.4, -0.2) is 29.5 Å². The van der Waals surface area contributed by atoms with Crippen molar-refractivity contribution in [3.63, 3.8) is 0 Å². The van der Waals surface area contributed by atoms with E-state index in [-0.39, 0.29) is 10.4 Å². The molecule has 2 heterocycles. The average Bonchev–Trinajstić information content (AvgIpc) is 3.06. The van der Waals surface area contributed by atoms with Crippen molar-refractivity contribution >= 4 is 38.9 Å². The number of aromatic nitrogens is 2. The Morgan fingerprint density at radius 2 is 1.83 bits per heavy atom. The summed E-state index contributed by atoms with van der Waals surface area (Å²) < 4.78 is 12.0. The van der Waals surface area contributed by atoms with E-state index in [2.05, 4.69) is 10.3 Å². The number of nitrogens with zero attached hydrogens (tertiary/aromatic N) is 2. The molecule has 2 aromatic carbocycles. The minimum Gasteiger partial charge on any atom is -0.497 e. The molecule has 0 saturated heterocycles. The van der Waals surface area contributed by atoms with Crippen molar-refractivity contribution in [1.29, 1.82) is 0 Å². The third-order valence-electron chi connectivity index (χ3n) is 4.80. The van der Waals surface area contributed by atoms with E-state index in [0.29, 0.717) is 22.1 Å². The highest BCUT2D eigenvalue weighted by Gasteiger charge is 2.16. The van der Waals surface area contributed by atoms with Crippen LogP contribution in [0.4, 0.5) is 5.69 Å². The normalized spacial score (nSPS) is 11.0. The number of nitrogens with one attached hydrogen (secondary N) is 1. The molecule has 0 atom stereocenters. The number of benzene rings is 2. The van der Waals surface area contributed by atoms with Crippen LogP contribution in [0.15, 0.2) is 41.2 Å². The first-order valence-electron chi connectivity index (χ1n) is 8.88. The monoisotopic (exact) mass is 409 g/mol. The Kier molecular flexibility index (Phi) is 4.71. The first kappa shape index (κ1) is 18.9. The first-order chi connectivity index (χ1) is 13.9. The van der Waals surface area contributed by atoms with Crippen LogP contribution in [0, 0.1) is 13.8 Å². The van der Waals surface area contributed by atoms with Crippen LogP contribution in [0.3, 0.4) is 0 Å². The van der Waals surface area contributed by atoms with Crippen LogP contribution >= 0.6 is 11.3 Å². The molecule has 0 aliphatic rings. The predicted molar refractivity (Wildman–Crippen MR) is 114 cm³/mol. The van der Waals surface area contributed by atoms with Gasteiger partial charge >= 0.3 is 0 Å². The van der Waals surface area contributed by atoms with Crippen LogP contribution in [-0.2, 0) is 0 Å². The lowest BCUT2D eigenvalue weighted by Crippen LogP contribution is -2.17. The van der Waals surface area contributed by atoms with E-state index in [1.165, 1.54) is 17.6 Å². The van der Waals surface area contributed by atoms with Crippen molar-refractivity contribution in [2.45, 2.75) is 13.8 Å². The quantitative estimate of drug-likeness (QED) is 0.554. The largest absolute Gasteiger partial charge is 0.497 e. The zero-order valence-electron chi connectivity index (χ0n) is 16.4. The predicted octanol–water partition coefficient (Wildman–Crippen LogP) is 3.80. The van der Waals surface area contributed by atoms with Gasteiger partial charge in [0, 0.05) is 12.1 Å². The SMILES string of the molecule is COc1ccc(NC(=O)c2cc(=O)n3c(nc4cc(C)c(C)cc43)s2)c(OC)c1. The van der Waals surface area contributed by atoms with Crippen LogP contribution in [0.1, 0.15) is 20.8 Å². The zero-order chi connectivity index (χ0) is 20.7. The maximum atomic E-state index is 12.8. The molecule has 0 bridgehead atoms. The molecule has 29 heavy (non-hydrogen) atoms. The minimum absolute atomic E-state index is 0.268. The van der Waals surface area contributed by atoms with Crippen molar-refractivity contribution in [3.8, 4) is 11.5 Å². The number of ether oxygens (including phenoxy) is 2. The summed E-state index contributed by atoms with van der Waals surface area (Å²) in [5, 5.41) is 2.79. The molecule has 0 spiro atoms. The molecule has 0 unspecified atom stereocenters. The van der Waals surface area contributed by atoms with Gasteiger partial charge in [-0.1, -0.05) is 11.3 Å². The number of rotatable bonds is 4. The van der Waals surface area contributed by atoms with Crippen LogP contribution < -0.4 is 20.3 Å². The fourth-order valence-electron chi connectivity index (χ4n) is 3.09. The summed E-state index contributed by atoms with van der Waals surface area (Å²) in [5.74, 6) is 0.668. The second-order valence-corrected chi connectivity index (χ2v) is 7.63. The van der Waals surface area contributed by atoms with Crippen LogP contribution in [0.25, 0.3) is 16.0 Å². The van der Waals surface area contributed by atoms with E-state index in [4.69, 9.17) is 9.47 Å². The second kappa shape index (κ2) is 7.21. The summed E-state index contributed by atoms with van der Waals surface area (Å²) in [5.41, 5.74) is 3.85. The molecule has 0 fully saturated rings. The highest BCUT2D eigenvalue weighted by Crippen LogP contribution is 2.30. The molecular formula is C21H19N3O4S. The summed E-state index contributed by atoms with van der Waals surface area (Å²) in [4.78, 5) is 30.8. The van der Waals surface area contributed by atoms with E-state index < -0.39 is 5.91 Å². The van der Waals surface area contributed by atoms with E-state index in [1.54, 1.807) is 25.3 Å². The number of aryl methyl sites for hydroxylation is 2. The zero-order valence-corrected chi connectivity index (χ0v) is 17.2. The van der Waals surface area contributed by atoms with Gasteiger partial charge in [-0.3, -0.25) is 14.0 Å². The van der Waals surface area contributed by atoms with Gasteiger partial charge in [0.15, 0.2) is 4.96 Å². The molecule has 1 N–H and O–H groups in total. The van der Waals surface area contributed by atoms with Gasteiger partial charge in [0.25, 0.3) is 11.5 Å². The van der Waals surface area contributed by atoms with E-state index in [9.17, 15) is 9.59 Å². The van der Waals surface area contributed by atoms with Crippen molar-refractivity contribution in [3.05, 3.63) is 62.8 Å². The van der Waals surface area contributed by atoms with Gasteiger partial charge in [0.1, 0.15) is 16.4 Å². The van der Waals surface area contributed by atoms with Gasteiger partial charge in [-0.25, -0.2) is 4.98 Å². The van der Waals surface area contributed by atoms with Gasteiger partial charge in [0.05, 0.1) is 30.9 Å². The number of imidazole rings is 1. The number of fused-ring (bicyclic) bond motifs is 3. The third kappa shape index (κ3) is 3.31. The lowest BCUT2D eigenvalue weighted by molar-refractivity contribution is 0.103. The lowest BCUT2D eigenvalue weighted by Gasteiger charge is -2.11. The number of anilines is 1. The Hall–Kier alpha value is -3.39. The van der Waals surface area contributed by atoms with Gasteiger partial charge in [-0.15, -0.1) is 0 Å². The Balaban J connectivity index is 1.75. The molecule has 0 aliphatic carbocycles. The average molecular weight is 409 g/mol. The van der Waals surface area contributed by atoms with Crippen molar-refractivity contribution in [2.24, 2.45) is 0 Å². The number of carbonyl (C=O) groups excluding carboxylic acids is 1. The summed E-state index contributed by atoms with van der Waals surface area (Å²) in [6.45, 7) is 3.99. The lowest BCUT2D eigenvalue weighted by atomic mass is 10.1. The molecule has 4 aromatic rings. The molecule has 0 radical (unpaired) electrons. The Labute approximate surface area is 170 Å². The summed E-state index contributed by atoms with van der Waals surface area (Å²) in [6, 6.07) is 10.3. The van der Waals surface area contributed by atoms with E-state index in [1.807, 2.05) is 26.0 Å². The van der Waals surface area contributed by atoms with Crippen molar-refractivity contribution < 1.29 is 14.3 Å². The Morgan fingerprint density at radius 3 is 2.55 bits per heavy atom. The van der Waals surface area contributed by atoms with Crippen molar-refractivity contribution in [2.75, 3.05) is 19.5 Å². The Bertz CT molecular complexity index is 1320. The topological polar surface area (TPSA) is 81.9 Å². The fourth-order valence-corrected chi connectivity index (χ4v) is 4.02. The number of methoxy groups -OCH3 is 2. The highest BCUT2D eigenvalue weighted by atomic mass is 32.1. The summed E-state index contributed by atoms with van der Waals surface area (Å²) in [6.07, 6.45) is 0. The molecule has 148 valence electrons. The number of amides is 1. The highest BCUT2D eigenvalue weighted by molar-refractivity contribution is 7.18. The molecular weight excluding hydrogens is 390 g/mol.